The fraction of sp³-hybridized carbons (Fsp3) is 0.273. The molecule has 1 N–H and O–H groups in total. The lowest BCUT2D eigenvalue weighted by Gasteiger charge is -1.94. The first kappa shape index (κ1) is 9.49. The van der Waals surface area contributed by atoms with E-state index in [2.05, 4.69) is 6.07 Å². The smallest absolute Gasteiger partial charge is 0.133 e. The molecule has 2 rings (SSSR count). The van der Waals surface area contributed by atoms with Gasteiger partial charge in [0.05, 0.1) is 11.3 Å². The van der Waals surface area contributed by atoms with Crippen LogP contribution in [0, 0.1) is 0 Å². The average molecular weight is 208 g/mol. The molecule has 0 fully saturated rings. The third-order valence-corrected chi connectivity index (χ3v) is 3.17. The monoisotopic (exact) mass is 208 g/mol. The van der Waals surface area contributed by atoms with Crippen LogP contribution >= 0.6 is 11.3 Å². The largest absolute Gasteiger partial charge is 0.506 e. The molecule has 1 heterocycles. The van der Waals surface area contributed by atoms with Gasteiger partial charge in [-0.3, -0.25) is 0 Å². The van der Waals surface area contributed by atoms with Gasteiger partial charge in [-0.15, -0.1) is 11.3 Å². The Bertz CT molecular complexity index is 434. The minimum Gasteiger partial charge on any atom is -0.506 e. The quantitative estimate of drug-likeness (QED) is 0.839. The number of thiophene rings is 1. The number of hydrogen-bond donors (Lipinski definition) is 1. The van der Waals surface area contributed by atoms with Crippen molar-refractivity contribution < 1.29 is 9.84 Å². The van der Waals surface area contributed by atoms with E-state index in [1.807, 2.05) is 19.1 Å². The van der Waals surface area contributed by atoms with Gasteiger partial charge >= 0.3 is 0 Å². The highest BCUT2D eigenvalue weighted by molar-refractivity contribution is 7.19. The minimum atomic E-state index is 0.357. The van der Waals surface area contributed by atoms with Crippen LogP contribution in [0.4, 0.5) is 0 Å². The zero-order valence-electron chi connectivity index (χ0n) is 7.99. The van der Waals surface area contributed by atoms with Gasteiger partial charge in [0.2, 0.25) is 0 Å². The number of rotatable bonds is 3. The predicted octanol–water partition coefficient (Wildman–Crippen LogP) is 3.14. The van der Waals surface area contributed by atoms with Crippen LogP contribution in [0.3, 0.4) is 0 Å². The van der Waals surface area contributed by atoms with Gasteiger partial charge in [-0.05, 0) is 24.4 Å². The van der Waals surface area contributed by atoms with Crippen molar-refractivity contribution in [3.8, 4) is 5.75 Å². The minimum absolute atomic E-state index is 0.357. The first-order chi connectivity index (χ1) is 6.81. The third-order valence-electron chi connectivity index (χ3n) is 2.02. The molecule has 14 heavy (non-hydrogen) atoms. The van der Waals surface area contributed by atoms with Crippen LogP contribution in [-0.4, -0.2) is 11.7 Å². The number of phenolic OH excluding ortho intramolecular Hbond substituents is 1. The molecule has 2 nitrogen and oxygen atoms in total. The summed E-state index contributed by atoms with van der Waals surface area (Å²) in [6.45, 7) is 3.33. The summed E-state index contributed by atoms with van der Waals surface area (Å²) in [6, 6.07) is 7.63. The van der Waals surface area contributed by atoms with Crippen LogP contribution < -0.4 is 0 Å². The van der Waals surface area contributed by atoms with Crippen molar-refractivity contribution in [3.63, 3.8) is 0 Å². The van der Waals surface area contributed by atoms with Gasteiger partial charge in [0.1, 0.15) is 5.75 Å². The highest BCUT2D eigenvalue weighted by Gasteiger charge is 2.04. The van der Waals surface area contributed by atoms with Crippen molar-refractivity contribution in [2.45, 2.75) is 13.5 Å². The summed E-state index contributed by atoms with van der Waals surface area (Å²) in [5.41, 5.74) is 0. The summed E-state index contributed by atoms with van der Waals surface area (Å²) in [5.74, 6) is 0.357. The molecular weight excluding hydrogens is 196 g/mol. The van der Waals surface area contributed by atoms with Crippen LogP contribution in [0.15, 0.2) is 24.3 Å². The average Bonchev–Trinajstić information content (AvgIpc) is 2.59. The van der Waals surface area contributed by atoms with Gasteiger partial charge < -0.3 is 9.84 Å². The van der Waals surface area contributed by atoms with E-state index in [0.29, 0.717) is 12.4 Å². The summed E-state index contributed by atoms with van der Waals surface area (Å²) in [6.07, 6.45) is 0. The van der Waals surface area contributed by atoms with E-state index in [-0.39, 0.29) is 0 Å². The van der Waals surface area contributed by atoms with Gasteiger partial charge in [0, 0.05) is 11.5 Å². The summed E-state index contributed by atoms with van der Waals surface area (Å²) in [4.78, 5) is 1.16. The molecule has 0 saturated heterocycles. The molecule has 0 unspecified atom stereocenters. The first-order valence-electron chi connectivity index (χ1n) is 4.59. The lowest BCUT2D eigenvalue weighted by molar-refractivity contribution is 0.136. The number of hydrogen-bond acceptors (Lipinski definition) is 3. The Morgan fingerprint density at radius 2 is 2.29 bits per heavy atom. The zero-order chi connectivity index (χ0) is 9.97. The van der Waals surface area contributed by atoms with E-state index in [0.717, 1.165) is 21.6 Å². The van der Waals surface area contributed by atoms with Gasteiger partial charge in [-0.25, -0.2) is 0 Å². The molecule has 0 spiro atoms. The second-order valence-electron chi connectivity index (χ2n) is 3.05. The molecule has 0 bridgehead atoms. The summed E-state index contributed by atoms with van der Waals surface area (Å²) in [7, 11) is 0. The molecule has 1 aromatic carbocycles. The molecule has 2 aromatic rings. The maximum Gasteiger partial charge on any atom is 0.133 e. The molecular formula is C11H12O2S. The maximum absolute atomic E-state index is 9.58. The second kappa shape index (κ2) is 3.98. The van der Waals surface area contributed by atoms with Gasteiger partial charge in [-0.1, -0.05) is 12.1 Å². The van der Waals surface area contributed by atoms with E-state index in [4.69, 9.17) is 4.74 Å². The van der Waals surface area contributed by atoms with Gasteiger partial charge in [0.15, 0.2) is 0 Å². The van der Waals surface area contributed by atoms with Gasteiger partial charge in [-0.2, -0.15) is 0 Å². The Labute approximate surface area is 86.8 Å². The van der Waals surface area contributed by atoms with Crippen LogP contribution in [-0.2, 0) is 11.3 Å². The number of aromatic hydroxyl groups is 1. The van der Waals surface area contributed by atoms with E-state index < -0.39 is 0 Å². The fourth-order valence-corrected chi connectivity index (χ4v) is 2.38. The molecule has 0 amide bonds. The molecule has 0 aliphatic carbocycles. The summed E-state index contributed by atoms with van der Waals surface area (Å²) >= 11 is 1.59. The predicted molar refractivity (Wildman–Crippen MR) is 58.8 cm³/mol. The van der Waals surface area contributed by atoms with Crippen molar-refractivity contribution >= 4 is 21.4 Å². The highest BCUT2D eigenvalue weighted by atomic mass is 32.1. The highest BCUT2D eigenvalue weighted by Crippen LogP contribution is 2.32. The van der Waals surface area contributed by atoms with Crippen LogP contribution in [0.2, 0.25) is 0 Å². The lowest BCUT2D eigenvalue weighted by Crippen LogP contribution is -1.87. The maximum atomic E-state index is 9.58. The third kappa shape index (κ3) is 1.74. The molecule has 3 heteroatoms. The second-order valence-corrected chi connectivity index (χ2v) is 4.18. The first-order valence-corrected chi connectivity index (χ1v) is 5.41. The van der Waals surface area contributed by atoms with Gasteiger partial charge in [0.25, 0.3) is 0 Å². The molecule has 0 atom stereocenters. The SMILES string of the molecule is CCOCc1cc2cccc(O)c2s1. The van der Waals surface area contributed by atoms with E-state index in [9.17, 15) is 5.11 Å². The Balaban J connectivity index is 2.36. The number of phenols is 1. The molecule has 1 aromatic heterocycles. The Hall–Kier alpha value is -1.06. The van der Waals surface area contributed by atoms with Crippen LogP contribution in [0.5, 0.6) is 5.75 Å². The molecule has 0 aliphatic heterocycles. The summed E-state index contributed by atoms with van der Waals surface area (Å²) < 4.78 is 6.26. The van der Waals surface area contributed by atoms with Crippen LogP contribution in [0.1, 0.15) is 11.8 Å². The van der Waals surface area contributed by atoms with Crippen LogP contribution in [0.25, 0.3) is 10.1 Å². The molecule has 0 radical (unpaired) electrons. The normalized spacial score (nSPS) is 10.9. The Morgan fingerprint density at radius 1 is 1.43 bits per heavy atom. The summed E-state index contributed by atoms with van der Waals surface area (Å²) in [5, 5.41) is 10.7. The standard InChI is InChI=1S/C11H12O2S/c1-2-13-7-9-6-8-4-3-5-10(12)11(8)14-9/h3-6,12H,2,7H2,1H3. The Kier molecular flexibility index (Phi) is 2.70. The number of fused-ring (bicyclic) bond motifs is 1. The van der Waals surface area contributed by atoms with E-state index in [1.54, 1.807) is 17.4 Å². The fourth-order valence-electron chi connectivity index (χ4n) is 1.37. The number of benzene rings is 1. The zero-order valence-corrected chi connectivity index (χ0v) is 8.80. The van der Waals surface area contributed by atoms with E-state index >= 15 is 0 Å². The van der Waals surface area contributed by atoms with Crippen molar-refractivity contribution in [1.29, 1.82) is 0 Å². The van der Waals surface area contributed by atoms with E-state index in [1.165, 1.54) is 0 Å². The lowest BCUT2D eigenvalue weighted by atomic mass is 10.2. The van der Waals surface area contributed by atoms with Crippen molar-refractivity contribution in [2.24, 2.45) is 0 Å². The molecule has 74 valence electrons. The molecule has 0 saturated carbocycles. The number of ether oxygens (including phenoxy) is 1. The van der Waals surface area contributed by atoms with Crippen molar-refractivity contribution in [1.82, 2.24) is 0 Å². The topological polar surface area (TPSA) is 29.5 Å². The Morgan fingerprint density at radius 3 is 3.00 bits per heavy atom. The van der Waals surface area contributed by atoms with Crippen molar-refractivity contribution in [3.05, 3.63) is 29.1 Å². The molecule has 0 aliphatic rings. The van der Waals surface area contributed by atoms with Crippen molar-refractivity contribution in [2.75, 3.05) is 6.61 Å².